The van der Waals surface area contributed by atoms with E-state index in [1.807, 2.05) is 0 Å². The van der Waals surface area contributed by atoms with Gasteiger partial charge in [0.25, 0.3) is 0 Å². The lowest BCUT2D eigenvalue weighted by molar-refractivity contribution is -0.0498. The standard InChI is InChI=1S/C11H10F2N4O/c12-11(13)18-8-3-1-2-7(6-8)9-4-5-10(15-14)17-16-9/h1-6,11H,14H2,(H,15,17). The fourth-order valence-electron chi connectivity index (χ4n) is 1.39. The molecule has 0 radical (unpaired) electrons. The number of nitrogen functional groups attached to an aromatic ring is 1. The van der Waals surface area contributed by atoms with Gasteiger partial charge in [0.1, 0.15) is 5.75 Å². The second kappa shape index (κ2) is 5.37. The highest BCUT2D eigenvalue weighted by Gasteiger charge is 2.06. The van der Waals surface area contributed by atoms with Crippen LogP contribution >= 0.6 is 0 Å². The number of alkyl halides is 2. The summed E-state index contributed by atoms with van der Waals surface area (Å²) in [4.78, 5) is 0. The summed E-state index contributed by atoms with van der Waals surface area (Å²) in [6, 6.07) is 9.53. The Bertz CT molecular complexity index is 519. The van der Waals surface area contributed by atoms with Crippen molar-refractivity contribution in [1.29, 1.82) is 0 Å². The van der Waals surface area contributed by atoms with E-state index in [2.05, 4.69) is 20.4 Å². The fraction of sp³-hybridized carbons (Fsp3) is 0.0909. The van der Waals surface area contributed by atoms with E-state index in [-0.39, 0.29) is 5.75 Å². The first kappa shape index (κ1) is 12.2. The molecule has 0 saturated heterocycles. The van der Waals surface area contributed by atoms with E-state index in [1.54, 1.807) is 24.3 Å². The van der Waals surface area contributed by atoms with Crippen molar-refractivity contribution in [3.8, 4) is 17.0 Å². The predicted octanol–water partition coefficient (Wildman–Crippen LogP) is 2.03. The molecule has 0 atom stereocenters. The molecule has 2 aromatic rings. The van der Waals surface area contributed by atoms with Gasteiger partial charge in [0, 0.05) is 5.56 Å². The number of nitrogens with two attached hydrogens (primary N) is 1. The van der Waals surface area contributed by atoms with E-state index < -0.39 is 6.61 Å². The smallest absolute Gasteiger partial charge is 0.387 e. The van der Waals surface area contributed by atoms with Crippen LogP contribution in [0.15, 0.2) is 36.4 Å². The first-order chi connectivity index (χ1) is 8.69. The van der Waals surface area contributed by atoms with Crippen molar-refractivity contribution in [2.75, 3.05) is 5.43 Å². The molecule has 0 fully saturated rings. The van der Waals surface area contributed by atoms with Crippen LogP contribution in [0.3, 0.4) is 0 Å². The van der Waals surface area contributed by atoms with Gasteiger partial charge >= 0.3 is 6.61 Å². The topological polar surface area (TPSA) is 73.1 Å². The van der Waals surface area contributed by atoms with Gasteiger partial charge < -0.3 is 10.2 Å². The number of rotatable bonds is 4. The lowest BCUT2D eigenvalue weighted by Gasteiger charge is -2.06. The molecule has 0 unspecified atom stereocenters. The lowest BCUT2D eigenvalue weighted by atomic mass is 10.1. The Labute approximate surface area is 102 Å². The number of nitrogens with one attached hydrogen (secondary N) is 1. The average molecular weight is 252 g/mol. The number of ether oxygens (including phenoxy) is 1. The van der Waals surface area contributed by atoms with Gasteiger partial charge in [-0.25, -0.2) is 5.84 Å². The minimum Gasteiger partial charge on any atom is -0.435 e. The number of aromatic nitrogens is 2. The maximum absolute atomic E-state index is 12.1. The Hall–Kier alpha value is -2.28. The molecule has 0 spiro atoms. The van der Waals surface area contributed by atoms with Crippen LogP contribution in [-0.2, 0) is 0 Å². The summed E-state index contributed by atoms with van der Waals surface area (Å²) in [5, 5.41) is 7.69. The van der Waals surface area contributed by atoms with E-state index in [9.17, 15) is 8.78 Å². The van der Waals surface area contributed by atoms with Crippen molar-refractivity contribution in [3.63, 3.8) is 0 Å². The van der Waals surface area contributed by atoms with E-state index in [0.717, 1.165) is 0 Å². The molecule has 1 aromatic heterocycles. The summed E-state index contributed by atoms with van der Waals surface area (Å²) in [5.41, 5.74) is 3.51. The molecule has 0 bridgehead atoms. The van der Waals surface area contributed by atoms with Crippen LogP contribution in [0, 0.1) is 0 Å². The molecule has 5 nitrogen and oxygen atoms in total. The number of hydrogen-bond acceptors (Lipinski definition) is 5. The summed E-state index contributed by atoms with van der Waals surface area (Å²) < 4.78 is 28.5. The molecule has 18 heavy (non-hydrogen) atoms. The number of hydrogen-bond donors (Lipinski definition) is 2. The Morgan fingerprint density at radius 1 is 1.17 bits per heavy atom. The molecule has 94 valence electrons. The molecular weight excluding hydrogens is 242 g/mol. The molecule has 1 heterocycles. The Morgan fingerprint density at radius 2 is 2.00 bits per heavy atom. The molecule has 0 aliphatic heterocycles. The summed E-state index contributed by atoms with van der Waals surface area (Å²) in [7, 11) is 0. The number of hydrazine groups is 1. The van der Waals surface area contributed by atoms with E-state index in [0.29, 0.717) is 17.1 Å². The van der Waals surface area contributed by atoms with Gasteiger partial charge in [-0.2, -0.15) is 8.78 Å². The molecule has 3 N–H and O–H groups in total. The zero-order chi connectivity index (χ0) is 13.0. The zero-order valence-electron chi connectivity index (χ0n) is 9.18. The summed E-state index contributed by atoms with van der Waals surface area (Å²) in [6.45, 7) is -2.85. The third kappa shape index (κ3) is 2.89. The van der Waals surface area contributed by atoms with Gasteiger partial charge in [-0.1, -0.05) is 12.1 Å². The van der Waals surface area contributed by atoms with Gasteiger partial charge in [0.15, 0.2) is 5.82 Å². The highest BCUT2D eigenvalue weighted by atomic mass is 19.3. The predicted molar refractivity (Wildman–Crippen MR) is 61.9 cm³/mol. The van der Waals surface area contributed by atoms with Gasteiger partial charge in [0.05, 0.1) is 5.69 Å². The molecular formula is C11H10F2N4O. The van der Waals surface area contributed by atoms with E-state index in [1.165, 1.54) is 12.1 Å². The SMILES string of the molecule is NNc1ccc(-c2cccc(OC(F)F)c2)nn1. The molecule has 0 aliphatic rings. The fourth-order valence-corrected chi connectivity index (χ4v) is 1.39. The summed E-state index contributed by atoms with van der Waals surface area (Å²) in [5.74, 6) is 5.65. The Kier molecular flexibility index (Phi) is 3.63. The van der Waals surface area contributed by atoms with E-state index >= 15 is 0 Å². The summed E-state index contributed by atoms with van der Waals surface area (Å²) >= 11 is 0. The van der Waals surface area contributed by atoms with Crippen molar-refractivity contribution in [1.82, 2.24) is 10.2 Å². The zero-order valence-corrected chi connectivity index (χ0v) is 9.18. The molecule has 0 amide bonds. The van der Waals surface area contributed by atoms with E-state index in [4.69, 9.17) is 5.84 Å². The maximum Gasteiger partial charge on any atom is 0.387 e. The number of nitrogens with zero attached hydrogens (tertiary/aromatic N) is 2. The molecule has 0 aliphatic carbocycles. The van der Waals surface area contributed by atoms with Gasteiger partial charge in [-0.3, -0.25) is 0 Å². The van der Waals surface area contributed by atoms with Crippen LogP contribution < -0.4 is 16.0 Å². The van der Waals surface area contributed by atoms with Crippen molar-refractivity contribution in [3.05, 3.63) is 36.4 Å². The van der Waals surface area contributed by atoms with Crippen LogP contribution in [-0.4, -0.2) is 16.8 Å². The number of anilines is 1. The molecule has 0 saturated carbocycles. The van der Waals surface area contributed by atoms with Crippen LogP contribution in [0.25, 0.3) is 11.3 Å². The third-order valence-electron chi connectivity index (χ3n) is 2.17. The maximum atomic E-state index is 12.1. The van der Waals surface area contributed by atoms with Crippen molar-refractivity contribution < 1.29 is 13.5 Å². The van der Waals surface area contributed by atoms with Crippen LogP contribution in [0.5, 0.6) is 5.75 Å². The van der Waals surface area contributed by atoms with Crippen LogP contribution in [0.1, 0.15) is 0 Å². The first-order valence-corrected chi connectivity index (χ1v) is 5.04. The average Bonchev–Trinajstić information content (AvgIpc) is 2.38. The second-order valence-corrected chi connectivity index (χ2v) is 3.35. The van der Waals surface area contributed by atoms with Crippen molar-refractivity contribution in [2.24, 2.45) is 5.84 Å². The highest BCUT2D eigenvalue weighted by molar-refractivity contribution is 5.61. The lowest BCUT2D eigenvalue weighted by Crippen LogP contribution is -2.09. The minimum absolute atomic E-state index is 0.0744. The van der Waals surface area contributed by atoms with Gasteiger partial charge in [0.2, 0.25) is 0 Å². The number of halogens is 2. The second-order valence-electron chi connectivity index (χ2n) is 3.35. The Morgan fingerprint density at radius 3 is 2.61 bits per heavy atom. The normalized spacial score (nSPS) is 10.4. The van der Waals surface area contributed by atoms with Crippen molar-refractivity contribution in [2.45, 2.75) is 6.61 Å². The monoisotopic (exact) mass is 252 g/mol. The highest BCUT2D eigenvalue weighted by Crippen LogP contribution is 2.23. The summed E-state index contributed by atoms with van der Waals surface area (Å²) in [6.07, 6.45) is 0. The molecule has 1 aromatic carbocycles. The minimum atomic E-state index is -2.85. The number of benzene rings is 1. The molecule has 7 heteroatoms. The van der Waals surface area contributed by atoms with Crippen LogP contribution in [0.4, 0.5) is 14.6 Å². The first-order valence-electron chi connectivity index (χ1n) is 5.04. The molecule has 2 rings (SSSR count). The quantitative estimate of drug-likeness (QED) is 0.643. The Balaban J connectivity index is 2.26. The van der Waals surface area contributed by atoms with Crippen LogP contribution in [0.2, 0.25) is 0 Å². The third-order valence-corrected chi connectivity index (χ3v) is 2.17. The van der Waals surface area contributed by atoms with Crippen molar-refractivity contribution >= 4 is 5.82 Å². The largest absolute Gasteiger partial charge is 0.435 e. The van der Waals surface area contributed by atoms with Gasteiger partial charge in [-0.15, -0.1) is 10.2 Å². The van der Waals surface area contributed by atoms with Gasteiger partial charge in [-0.05, 0) is 24.3 Å².